The maximum atomic E-state index is 12.1. The van der Waals surface area contributed by atoms with Crippen LogP contribution in [0.5, 0.6) is 11.5 Å². The topological polar surface area (TPSA) is 85.8 Å². The second-order valence-electron chi connectivity index (χ2n) is 7.16. The molecule has 1 saturated heterocycles. The van der Waals surface area contributed by atoms with Gasteiger partial charge in [0.15, 0.2) is 5.69 Å². The van der Waals surface area contributed by atoms with Crippen LogP contribution in [-0.2, 0) is 11.3 Å². The van der Waals surface area contributed by atoms with Gasteiger partial charge in [-0.15, -0.1) is 0 Å². The number of aromatic nitrogens is 2. The van der Waals surface area contributed by atoms with Crippen LogP contribution in [0.1, 0.15) is 42.7 Å². The third-order valence-electron chi connectivity index (χ3n) is 5.04. The molecule has 1 aliphatic heterocycles. The Labute approximate surface area is 187 Å². The van der Waals surface area contributed by atoms with Gasteiger partial charge >= 0.3 is 5.97 Å². The number of methoxy groups -OCH3 is 1. The number of esters is 1. The summed E-state index contributed by atoms with van der Waals surface area (Å²) in [5.41, 5.74) is 1.15. The highest BCUT2D eigenvalue weighted by atomic mass is 35.5. The molecule has 0 atom stereocenters. The number of nitrogens with zero attached hydrogens (tertiary/aromatic N) is 3. The number of rotatable bonds is 9. The summed E-state index contributed by atoms with van der Waals surface area (Å²) in [4.78, 5) is 22.7. The van der Waals surface area contributed by atoms with E-state index in [1.807, 2.05) is 32.0 Å². The normalized spacial score (nSPS) is 14.2. The summed E-state index contributed by atoms with van der Waals surface area (Å²) < 4.78 is 16.3. The number of ether oxygens (including phenoxy) is 3. The molecule has 0 radical (unpaired) electrons. The zero-order valence-electron chi connectivity index (χ0n) is 18.2. The minimum Gasteiger partial charge on any atom is -0.494 e. The van der Waals surface area contributed by atoms with Crippen molar-refractivity contribution in [2.24, 2.45) is 0 Å². The monoisotopic (exact) mass is 448 g/mol. The van der Waals surface area contributed by atoms with Gasteiger partial charge in [-0.3, -0.25) is 0 Å². The minimum atomic E-state index is -0.548. The summed E-state index contributed by atoms with van der Waals surface area (Å²) in [5, 5.41) is 3.40. The highest BCUT2D eigenvalue weighted by Gasteiger charge is 2.25. The van der Waals surface area contributed by atoms with Crippen molar-refractivity contribution in [2.45, 2.75) is 39.3 Å². The molecule has 31 heavy (non-hydrogen) atoms. The SMILES string of the molecule is CCOc1cc(CN(c2cc(C(=O)OC)nc(Cl)n2)C2CCNCC2)cc(OCC)c1. The molecule has 1 fully saturated rings. The molecule has 0 spiro atoms. The van der Waals surface area contributed by atoms with Gasteiger partial charge in [-0.25, -0.2) is 14.8 Å². The quantitative estimate of drug-likeness (QED) is 0.461. The van der Waals surface area contributed by atoms with E-state index >= 15 is 0 Å². The first-order valence-corrected chi connectivity index (χ1v) is 10.9. The number of nitrogens with one attached hydrogen (secondary N) is 1. The molecule has 1 aliphatic rings. The van der Waals surface area contributed by atoms with E-state index in [0.717, 1.165) is 43.0 Å². The number of anilines is 1. The van der Waals surface area contributed by atoms with Gasteiger partial charge in [0.05, 0.1) is 20.3 Å². The Morgan fingerprint density at radius 1 is 1.10 bits per heavy atom. The summed E-state index contributed by atoms with van der Waals surface area (Å²) in [6, 6.07) is 7.76. The smallest absolute Gasteiger partial charge is 0.356 e. The summed E-state index contributed by atoms with van der Waals surface area (Å²) in [6.45, 7) is 7.41. The summed E-state index contributed by atoms with van der Waals surface area (Å²) in [7, 11) is 1.32. The first-order chi connectivity index (χ1) is 15.0. The molecule has 8 nitrogen and oxygen atoms in total. The van der Waals surface area contributed by atoms with E-state index in [4.69, 9.17) is 25.8 Å². The van der Waals surface area contributed by atoms with Crippen LogP contribution in [0.2, 0.25) is 5.28 Å². The lowest BCUT2D eigenvalue weighted by molar-refractivity contribution is 0.0594. The first-order valence-electron chi connectivity index (χ1n) is 10.5. The van der Waals surface area contributed by atoms with Crippen molar-refractivity contribution in [1.29, 1.82) is 0 Å². The van der Waals surface area contributed by atoms with E-state index in [1.54, 1.807) is 6.07 Å². The van der Waals surface area contributed by atoms with E-state index in [2.05, 4.69) is 20.2 Å². The molecule has 2 aromatic rings. The lowest BCUT2D eigenvalue weighted by Crippen LogP contribution is -2.43. The average molecular weight is 449 g/mol. The second-order valence-corrected chi connectivity index (χ2v) is 7.50. The van der Waals surface area contributed by atoms with E-state index in [-0.39, 0.29) is 17.0 Å². The van der Waals surface area contributed by atoms with Crippen molar-refractivity contribution in [3.05, 3.63) is 40.8 Å². The van der Waals surface area contributed by atoms with Crippen molar-refractivity contribution in [1.82, 2.24) is 15.3 Å². The van der Waals surface area contributed by atoms with Gasteiger partial charge in [0.25, 0.3) is 0 Å². The van der Waals surface area contributed by atoms with Gasteiger partial charge < -0.3 is 24.4 Å². The van der Waals surface area contributed by atoms with E-state index < -0.39 is 5.97 Å². The molecule has 1 N–H and O–H groups in total. The summed E-state index contributed by atoms with van der Waals surface area (Å²) >= 11 is 6.16. The molecule has 3 rings (SSSR count). The molecule has 1 aromatic carbocycles. The van der Waals surface area contributed by atoms with Crippen LogP contribution >= 0.6 is 11.6 Å². The van der Waals surface area contributed by atoms with E-state index in [1.165, 1.54) is 7.11 Å². The fraction of sp³-hybridized carbons (Fsp3) is 0.500. The van der Waals surface area contributed by atoms with Gasteiger partial charge in [0.2, 0.25) is 5.28 Å². The predicted octanol–water partition coefficient (Wildman–Crippen LogP) is 3.47. The zero-order valence-corrected chi connectivity index (χ0v) is 18.9. The Hall–Kier alpha value is -2.58. The Morgan fingerprint density at radius 2 is 1.74 bits per heavy atom. The molecule has 0 bridgehead atoms. The Kier molecular flexibility index (Phi) is 8.31. The van der Waals surface area contributed by atoms with Crippen LogP contribution in [-0.4, -0.2) is 55.4 Å². The van der Waals surface area contributed by atoms with Crippen LogP contribution in [0, 0.1) is 0 Å². The second kappa shape index (κ2) is 11.2. The summed E-state index contributed by atoms with van der Waals surface area (Å²) in [5.74, 6) is 1.55. The van der Waals surface area contributed by atoms with Crippen LogP contribution in [0.3, 0.4) is 0 Å². The molecular formula is C22H29ClN4O4. The lowest BCUT2D eigenvalue weighted by atomic mass is 10.0. The fourth-order valence-corrected chi connectivity index (χ4v) is 3.87. The van der Waals surface area contributed by atoms with Gasteiger partial charge in [0.1, 0.15) is 17.3 Å². The van der Waals surface area contributed by atoms with Crippen LogP contribution in [0.15, 0.2) is 24.3 Å². The molecular weight excluding hydrogens is 420 g/mol. The minimum absolute atomic E-state index is 0.00917. The molecule has 1 aromatic heterocycles. The van der Waals surface area contributed by atoms with Crippen molar-refractivity contribution in [2.75, 3.05) is 38.3 Å². The number of carbonyl (C=O) groups is 1. The van der Waals surface area contributed by atoms with Crippen LogP contribution in [0.25, 0.3) is 0 Å². The Bertz CT molecular complexity index is 866. The third-order valence-corrected chi connectivity index (χ3v) is 5.21. The number of carbonyl (C=O) groups excluding carboxylic acids is 1. The van der Waals surface area contributed by atoms with Crippen LogP contribution in [0.4, 0.5) is 5.82 Å². The largest absolute Gasteiger partial charge is 0.494 e. The highest BCUT2D eigenvalue weighted by molar-refractivity contribution is 6.28. The zero-order chi connectivity index (χ0) is 22.2. The van der Waals surface area contributed by atoms with Crippen molar-refractivity contribution >= 4 is 23.4 Å². The van der Waals surface area contributed by atoms with Crippen molar-refractivity contribution < 1.29 is 19.0 Å². The molecule has 2 heterocycles. The molecule has 9 heteroatoms. The van der Waals surface area contributed by atoms with Crippen LogP contribution < -0.4 is 19.7 Å². The van der Waals surface area contributed by atoms with Crippen molar-refractivity contribution in [3.63, 3.8) is 0 Å². The Morgan fingerprint density at radius 3 is 2.32 bits per heavy atom. The van der Waals surface area contributed by atoms with Gasteiger partial charge in [-0.1, -0.05) is 0 Å². The fourth-order valence-electron chi connectivity index (χ4n) is 3.70. The van der Waals surface area contributed by atoms with E-state index in [0.29, 0.717) is 25.6 Å². The van der Waals surface area contributed by atoms with Gasteiger partial charge in [-0.05, 0) is 69.1 Å². The van der Waals surface area contributed by atoms with Gasteiger partial charge in [0, 0.05) is 24.7 Å². The summed E-state index contributed by atoms with van der Waals surface area (Å²) in [6.07, 6.45) is 1.89. The van der Waals surface area contributed by atoms with E-state index in [9.17, 15) is 4.79 Å². The Balaban J connectivity index is 1.99. The standard InChI is InChI=1S/C22H29ClN4O4/c1-4-30-17-10-15(11-18(12-17)31-5-2)14-27(16-6-8-24-9-7-16)20-13-19(21(28)29-3)25-22(23)26-20/h10-13,16,24H,4-9,14H2,1-3H3. The lowest BCUT2D eigenvalue weighted by Gasteiger charge is -2.36. The molecule has 0 amide bonds. The average Bonchev–Trinajstić information content (AvgIpc) is 2.77. The number of benzene rings is 1. The molecule has 0 unspecified atom stereocenters. The number of halogens is 1. The first kappa shape index (κ1) is 23.1. The van der Waals surface area contributed by atoms with Gasteiger partial charge in [-0.2, -0.15) is 0 Å². The number of piperidine rings is 1. The number of hydrogen-bond donors (Lipinski definition) is 1. The predicted molar refractivity (Wildman–Crippen MR) is 119 cm³/mol. The maximum Gasteiger partial charge on any atom is 0.356 e. The van der Waals surface area contributed by atoms with Crippen molar-refractivity contribution in [3.8, 4) is 11.5 Å². The molecule has 0 saturated carbocycles. The third kappa shape index (κ3) is 6.21. The molecule has 168 valence electrons. The number of hydrogen-bond acceptors (Lipinski definition) is 8. The maximum absolute atomic E-state index is 12.1. The highest BCUT2D eigenvalue weighted by Crippen LogP contribution is 2.29. The molecule has 0 aliphatic carbocycles.